The summed E-state index contributed by atoms with van der Waals surface area (Å²) >= 11 is 0. The SMILES string of the molecule is O=NN1C=CC=NN1. The topological polar surface area (TPSA) is 57.1 Å². The first-order valence-corrected chi connectivity index (χ1v) is 2.01. The Morgan fingerprint density at radius 3 is 3.00 bits per heavy atom. The van der Waals surface area contributed by atoms with E-state index in [0.717, 1.165) is 5.12 Å². The van der Waals surface area contributed by atoms with Crippen LogP contribution in [0, 0.1) is 4.91 Å². The van der Waals surface area contributed by atoms with Gasteiger partial charge in [0.25, 0.3) is 0 Å². The molecule has 42 valence electrons. The summed E-state index contributed by atoms with van der Waals surface area (Å²) in [5, 5.41) is 6.98. The molecule has 0 aromatic carbocycles. The third-order valence-corrected chi connectivity index (χ3v) is 0.636. The fraction of sp³-hybridized carbons (Fsp3) is 0. The van der Waals surface area contributed by atoms with E-state index >= 15 is 0 Å². The second-order valence-corrected chi connectivity index (χ2v) is 1.15. The van der Waals surface area contributed by atoms with Crippen molar-refractivity contribution in [1.82, 2.24) is 10.7 Å². The zero-order valence-electron chi connectivity index (χ0n) is 3.98. The minimum atomic E-state index is 0.958. The van der Waals surface area contributed by atoms with Crippen LogP contribution in [0.5, 0.6) is 0 Å². The Labute approximate surface area is 45.6 Å². The molecule has 0 aliphatic carbocycles. The van der Waals surface area contributed by atoms with Gasteiger partial charge in [0.15, 0.2) is 0 Å². The lowest BCUT2D eigenvalue weighted by Crippen LogP contribution is -2.24. The smallest absolute Gasteiger partial charge is 0.0791 e. The zero-order valence-corrected chi connectivity index (χ0v) is 3.98. The molecule has 0 bridgehead atoms. The van der Waals surface area contributed by atoms with Crippen LogP contribution in [-0.4, -0.2) is 11.3 Å². The minimum absolute atomic E-state index is 0.958. The second kappa shape index (κ2) is 2.06. The molecular formula is C3H4N4O. The molecule has 1 aliphatic heterocycles. The molecule has 0 saturated carbocycles. The molecule has 0 aromatic rings. The number of allylic oxidation sites excluding steroid dienone is 1. The molecule has 0 spiro atoms. The van der Waals surface area contributed by atoms with E-state index in [0.29, 0.717) is 0 Å². The van der Waals surface area contributed by atoms with Crippen molar-refractivity contribution in [2.75, 3.05) is 0 Å². The molecule has 0 saturated heterocycles. The first kappa shape index (κ1) is 4.76. The maximum absolute atomic E-state index is 9.65. The number of hydrazone groups is 1. The van der Waals surface area contributed by atoms with Crippen molar-refractivity contribution < 1.29 is 0 Å². The lowest BCUT2D eigenvalue weighted by atomic mass is 10.6. The van der Waals surface area contributed by atoms with Gasteiger partial charge in [-0.3, -0.25) is 0 Å². The van der Waals surface area contributed by atoms with Crippen molar-refractivity contribution in [3.05, 3.63) is 17.2 Å². The number of nitrogens with one attached hydrogen (secondary N) is 1. The molecule has 5 heteroatoms. The highest BCUT2D eigenvalue weighted by Crippen LogP contribution is 1.86. The largest absolute Gasteiger partial charge is 0.195 e. The highest BCUT2D eigenvalue weighted by atomic mass is 16.3. The average molecular weight is 112 g/mol. The summed E-state index contributed by atoms with van der Waals surface area (Å²) in [7, 11) is 0. The standard InChI is InChI=1S/C3H4N4O/c8-6-7-3-1-2-4-5-7/h1-3,5H. The summed E-state index contributed by atoms with van der Waals surface area (Å²) < 4.78 is 0. The number of hydrogen-bond acceptors (Lipinski definition) is 4. The van der Waals surface area contributed by atoms with Gasteiger partial charge in [0.05, 0.1) is 17.7 Å². The van der Waals surface area contributed by atoms with Crippen molar-refractivity contribution in [3.8, 4) is 0 Å². The van der Waals surface area contributed by atoms with Gasteiger partial charge in [0.1, 0.15) is 0 Å². The van der Waals surface area contributed by atoms with E-state index in [9.17, 15) is 4.91 Å². The maximum Gasteiger partial charge on any atom is 0.0791 e. The van der Waals surface area contributed by atoms with Crippen LogP contribution in [0.25, 0.3) is 0 Å². The molecule has 0 atom stereocenters. The Morgan fingerprint density at radius 1 is 1.75 bits per heavy atom. The summed E-state index contributed by atoms with van der Waals surface area (Å²) in [6, 6.07) is 0. The highest BCUT2D eigenvalue weighted by molar-refractivity contribution is 5.70. The summed E-state index contributed by atoms with van der Waals surface area (Å²) in [6.45, 7) is 0. The van der Waals surface area contributed by atoms with Crippen LogP contribution in [0.1, 0.15) is 0 Å². The van der Waals surface area contributed by atoms with E-state index in [1.165, 1.54) is 12.4 Å². The van der Waals surface area contributed by atoms with Crippen LogP contribution in [0.3, 0.4) is 0 Å². The molecule has 0 aromatic heterocycles. The predicted molar refractivity (Wildman–Crippen MR) is 28.4 cm³/mol. The number of rotatable bonds is 1. The fourth-order valence-corrected chi connectivity index (χ4v) is 0.334. The van der Waals surface area contributed by atoms with E-state index in [1.54, 1.807) is 6.08 Å². The molecule has 0 amide bonds. The monoisotopic (exact) mass is 112 g/mol. The van der Waals surface area contributed by atoms with Gasteiger partial charge in [-0.1, -0.05) is 0 Å². The van der Waals surface area contributed by atoms with Gasteiger partial charge in [-0.25, -0.2) is 0 Å². The van der Waals surface area contributed by atoms with Crippen LogP contribution in [0.15, 0.2) is 22.7 Å². The Balaban J connectivity index is 2.51. The predicted octanol–water partition coefficient (Wildman–Crippen LogP) is -0.0125. The molecule has 1 N–H and O–H groups in total. The van der Waals surface area contributed by atoms with Gasteiger partial charge in [-0.15, -0.1) is 10.0 Å². The number of hydrogen-bond donors (Lipinski definition) is 1. The molecule has 5 nitrogen and oxygen atoms in total. The van der Waals surface area contributed by atoms with Crippen LogP contribution in [0.4, 0.5) is 0 Å². The Hall–Kier alpha value is -1.39. The third kappa shape index (κ3) is 0.810. The van der Waals surface area contributed by atoms with Crippen LogP contribution in [-0.2, 0) is 0 Å². The lowest BCUT2D eigenvalue weighted by Gasteiger charge is -2.08. The first-order valence-electron chi connectivity index (χ1n) is 2.01. The lowest BCUT2D eigenvalue weighted by molar-refractivity contribution is 0.285. The molecule has 8 heavy (non-hydrogen) atoms. The van der Waals surface area contributed by atoms with Gasteiger partial charge < -0.3 is 0 Å². The second-order valence-electron chi connectivity index (χ2n) is 1.15. The van der Waals surface area contributed by atoms with Crippen molar-refractivity contribution in [1.29, 1.82) is 0 Å². The van der Waals surface area contributed by atoms with Crippen molar-refractivity contribution in [3.63, 3.8) is 0 Å². The van der Waals surface area contributed by atoms with Crippen LogP contribution in [0.2, 0.25) is 0 Å². The molecule has 1 heterocycles. The molecule has 0 fully saturated rings. The van der Waals surface area contributed by atoms with E-state index in [1.807, 2.05) is 0 Å². The molecule has 1 aliphatic rings. The van der Waals surface area contributed by atoms with Gasteiger partial charge in [-0.05, 0) is 6.08 Å². The molecule has 1 rings (SSSR count). The van der Waals surface area contributed by atoms with E-state index in [2.05, 4.69) is 15.9 Å². The van der Waals surface area contributed by atoms with Crippen molar-refractivity contribution in [2.24, 2.45) is 10.4 Å². The van der Waals surface area contributed by atoms with Gasteiger partial charge in [0, 0.05) is 0 Å². The Kier molecular flexibility index (Phi) is 1.23. The first-order chi connectivity index (χ1) is 3.93. The summed E-state index contributed by atoms with van der Waals surface area (Å²) in [6.07, 6.45) is 4.57. The molecular weight excluding hydrogens is 108 g/mol. The highest BCUT2D eigenvalue weighted by Gasteiger charge is 1.93. The van der Waals surface area contributed by atoms with Crippen molar-refractivity contribution >= 4 is 6.21 Å². The Bertz CT molecular complexity index is 140. The zero-order chi connectivity index (χ0) is 5.82. The van der Waals surface area contributed by atoms with Gasteiger partial charge in [-0.2, -0.15) is 10.6 Å². The van der Waals surface area contributed by atoms with E-state index in [-0.39, 0.29) is 0 Å². The fourth-order valence-electron chi connectivity index (χ4n) is 0.334. The summed E-state index contributed by atoms with van der Waals surface area (Å²) in [5.74, 6) is 0. The quantitative estimate of drug-likeness (QED) is 0.485. The number of nitroso groups, excluding NO2 is 1. The normalized spacial score (nSPS) is 15.8. The summed E-state index contributed by atoms with van der Waals surface area (Å²) in [5.41, 5.74) is 2.31. The number of hydrazine groups is 1. The Morgan fingerprint density at radius 2 is 2.62 bits per heavy atom. The average Bonchev–Trinajstić information content (AvgIpc) is 1.90. The third-order valence-electron chi connectivity index (χ3n) is 0.636. The van der Waals surface area contributed by atoms with Crippen molar-refractivity contribution in [2.45, 2.75) is 0 Å². The molecule has 0 unspecified atom stereocenters. The summed E-state index contributed by atoms with van der Waals surface area (Å²) in [4.78, 5) is 9.65. The maximum atomic E-state index is 9.65. The molecule has 0 radical (unpaired) electrons. The van der Waals surface area contributed by atoms with E-state index < -0.39 is 0 Å². The van der Waals surface area contributed by atoms with Gasteiger partial charge >= 0.3 is 0 Å². The minimum Gasteiger partial charge on any atom is -0.195 e. The van der Waals surface area contributed by atoms with Crippen LogP contribution >= 0.6 is 0 Å². The van der Waals surface area contributed by atoms with Crippen LogP contribution < -0.4 is 5.53 Å². The number of nitrogens with zero attached hydrogens (tertiary/aromatic N) is 3. The van der Waals surface area contributed by atoms with Gasteiger partial charge in [0.2, 0.25) is 0 Å². The van der Waals surface area contributed by atoms with E-state index in [4.69, 9.17) is 0 Å².